The average Bonchev–Trinajstić information content (AvgIpc) is 3.41. The molecular formula is C67H46N2. The molecule has 0 radical (unpaired) electrons. The molecule has 0 saturated carbocycles. The Kier molecular flexibility index (Phi) is 9.77. The van der Waals surface area contributed by atoms with Crippen molar-refractivity contribution in [3.8, 4) is 22.3 Å². The predicted octanol–water partition coefficient (Wildman–Crippen LogP) is 19.2. The second kappa shape index (κ2) is 16.7. The van der Waals surface area contributed by atoms with Gasteiger partial charge in [-0.1, -0.05) is 206 Å². The highest BCUT2D eigenvalue weighted by molar-refractivity contribution is 6.23. The minimum absolute atomic E-state index is 1.09. The summed E-state index contributed by atoms with van der Waals surface area (Å²) in [5, 5.41) is 14.4. The Hall–Kier alpha value is -8.98. The zero-order chi connectivity index (χ0) is 45.8. The molecule has 324 valence electrons. The minimum Gasteiger partial charge on any atom is -0.310 e. The molecule has 0 unspecified atom stereocenters. The van der Waals surface area contributed by atoms with Crippen molar-refractivity contribution in [2.75, 3.05) is 9.80 Å². The summed E-state index contributed by atoms with van der Waals surface area (Å²) in [4.78, 5) is 4.90. The van der Waals surface area contributed by atoms with Crippen molar-refractivity contribution in [2.45, 2.75) is 6.92 Å². The van der Waals surface area contributed by atoms with Gasteiger partial charge in [-0.25, -0.2) is 0 Å². The van der Waals surface area contributed by atoms with E-state index in [4.69, 9.17) is 0 Å². The predicted molar refractivity (Wildman–Crippen MR) is 296 cm³/mol. The summed E-state index contributed by atoms with van der Waals surface area (Å²) in [6.45, 7) is 2.17. The summed E-state index contributed by atoms with van der Waals surface area (Å²) in [5.74, 6) is 0. The van der Waals surface area contributed by atoms with Crippen LogP contribution in [0.2, 0.25) is 0 Å². The Morgan fingerprint density at radius 2 is 0.609 bits per heavy atom. The number of fused-ring (bicyclic) bond motifs is 6. The van der Waals surface area contributed by atoms with Gasteiger partial charge in [-0.15, -0.1) is 0 Å². The molecule has 0 atom stereocenters. The normalized spacial score (nSPS) is 11.6. The van der Waals surface area contributed by atoms with E-state index in [0.29, 0.717) is 0 Å². The van der Waals surface area contributed by atoms with E-state index in [1.54, 1.807) is 0 Å². The van der Waals surface area contributed by atoms with Crippen LogP contribution in [0.15, 0.2) is 261 Å². The molecule has 0 amide bonds. The fraction of sp³-hybridized carbons (Fsp3) is 0.0149. The van der Waals surface area contributed by atoms with Gasteiger partial charge in [0.25, 0.3) is 0 Å². The molecule has 13 aromatic rings. The van der Waals surface area contributed by atoms with Crippen LogP contribution in [0, 0.1) is 6.92 Å². The first-order valence-electron chi connectivity index (χ1n) is 23.8. The highest BCUT2D eigenvalue weighted by atomic mass is 15.1. The second-order valence-electron chi connectivity index (χ2n) is 18.2. The molecule has 0 N–H and O–H groups in total. The summed E-state index contributed by atoms with van der Waals surface area (Å²) >= 11 is 0. The van der Waals surface area contributed by atoms with E-state index in [1.165, 1.54) is 92.5 Å². The number of nitrogens with zero attached hydrogens (tertiary/aromatic N) is 2. The summed E-state index contributed by atoms with van der Waals surface area (Å²) < 4.78 is 0. The van der Waals surface area contributed by atoms with Gasteiger partial charge in [0.15, 0.2) is 0 Å². The topological polar surface area (TPSA) is 6.48 Å². The maximum absolute atomic E-state index is 2.45. The average molecular weight is 879 g/mol. The number of anilines is 6. The van der Waals surface area contributed by atoms with Gasteiger partial charge in [-0.05, 0) is 144 Å². The van der Waals surface area contributed by atoms with Crippen molar-refractivity contribution in [2.24, 2.45) is 0 Å². The molecule has 0 bridgehead atoms. The van der Waals surface area contributed by atoms with Crippen LogP contribution >= 0.6 is 0 Å². The third-order valence-electron chi connectivity index (χ3n) is 14.0. The largest absolute Gasteiger partial charge is 0.310 e. The maximum Gasteiger partial charge on any atom is 0.0540 e. The van der Waals surface area contributed by atoms with Crippen molar-refractivity contribution in [1.82, 2.24) is 0 Å². The van der Waals surface area contributed by atoms with E-state index in [1.807, 2.05) is 0 Å². The number of rotatable bonds is 8. The van der Waals surface area contributed by atoms with Gasteiger partial charge in [-0.3, -0.25) is 0 Å². The van der Waals surface area contributed by atoms with Crippen LogP contribution in [0.25, 0.3) is 86.9 Å². The van der Waals surface area contributed by atoms with E-state index in [-0.39, 0.29) is 0 Å². The summed E-state index contributed by atoms with van der Waals surface area (Å²) in [6.07, 6.45) is 0. The summed E-state index contributed by atoms with van der Waals surface area (Å²) in [5.41, 5.74) is 12.7. The SMILES string of the molecule is Cc1ccc(-c2c3ccc(N(c4ccc5ccccc5c4)c4cccc5ccccc45)cc3c(-c3ccccc3)c3ccc(N(c4ccc5ccccc5c4)c4cccc5ccccc45)cc23)cc1. The molecule has 0 aliphatic rings. The lowest BCUT2D eigenvalue weighted by Crippen LogP contribution is -2.11. The monoisotopic (exact) mass is 878 g/mol. The molecule has 13 rings (SSSR count). The maximum atomic E-state index is 2.45. The van der Waals surface area contributed by atoms with Crippen LogP contribution in [-0.2, 0) is 0 Å². The smallest absolute Gasteiger partial charge is 0.0540 e. The van der Waals surface area contributed by atoms with Gasteiger partial charge in [0.1, 0.15) is 0 Å². The molecule has 0 spiro atoms. The van der Waals surface area contributed by atoms with E-state index in [0.717, 1.165) is 34.1 Å². The van der Waals surface area contributed by atoms with Crippen molar-refractivity contribution >= 4 is 98.8 Å². The lowest BCUT2D eigenvalue weighted by molar-refractivity contribution is 1.31. The number of hydrogen-bond donors (Lipinski definition) is 0. The molecule has 0 aliphatic heterocycles. The molecular weight excluding hydrogens is 833 g/mol. The standard InChI is InChI=1S/C67H46N2/c1-45-29-31-51(32-30-45)67-61-40-38-56(68(54-35-33-46-15-5-7-21-52(46)41-54)64-27-13-23-48-17-9-11-25-58(48)64)43-62(61)66(50-19-3-2-4-20-50)60-39-37-57(44-63(60)67)69(55-36-34-47-16-6-8-22-53(47)42-55)65-28-14-24-49-18-10-12-26-59(49)65/h2-44H,1H3. The molecule has 0 aliphatic carbocycles. The van der Waals surface area contributed by atoms with Crippen molar-refractivity contribution in [3.05, 3.63) is 266 Å². The fourth-order valence-corrected chi connectivity index (χ4v) is 10.7. The highest BCUT2D eigenvalue weighted by Crippen LogP contribution is 2.50. The summed E-state index contributed by atoms with van der Waals surface area (Å²) in [7, 11) is 0. The molecule has 0 heterocycles. The van der Waals surface area contributed by atoms with E-state index in [9.17, 15) is 0 Å². The number of aryl methyl sites for hydroxylation is 1. The first-order valence-corrected chi connectivity index (χ1v) is 23.8. The first-order chi connectivity index (χ1) is 34.1. The van der Waals surface area contributed by atoms with Gasteiger partial charge < -0.3 is 9.80 Å². The van der Waals surface area contributed by atoms with Crippen molar-refractivity contribution in [1.29, 1.82) is 0 Å². The van der Waals surface area contributed by atoms with E-state index in [2.05, 4.69) is 278 Å². The Bertz CT molecular complexity index is 4090. The van der Waals surface area contributed by atoms with Gasteiger partial charge in [-0.2, -0.15) is 0 Å². The van der Waals surface area contributed by atoms with Crippen LogP contribution in [0.3, 0.4) is 0 Å². The van der Waals surface area contributed by atoms with Gasteiger partial charge in [0.05, 0.1) is 11.4 Å². The Morgan fingerprint density at radius 3 is 1.10 bits per heavy atom. The number of hydrogen-bond acceptors (Lipinski definition) is 2. The Labute approximate surface area is 402 Å². The third kappa shape index (κ3) is 7.05. The Morgan fingerprint density at radius 1 is 0.232 bits per heavy atom. The molecule has 0 aromatic heterocycles. The van der Waals surface area contributed by atoms with E-state index < -0.39 is 0 Å². The van der Waals surface area contributed by atoms with Crippen LogP contribution in [0.4, 0.5) is 34.1 Å². The van der Waals surface area contributed by atoms with Crippen molar-refractivity contribution < 1.29 is 0 Å². The summed E-state index contributed by atoms with van der Waals surface area (Å²) in [6, 6.07) is 96.1. The molecule has 0 fully saturated rings. The zero-order valence-corrected chi connectivity index (χ0v) is 38.2. The Balaban J connectivity index is 1.12. The van der Waals surface area contributed by atoms with Crippen LogP contribution in [0.1, 0.15) is 5.56 Å². The first kappa shape index (κ1) is 40.3. The molecule has 2 heteroatoms. The van der Waals surface area contributed by atoms with Gasteiger partial charge in [0, 0.05) is 33.5 Å². The van der Waals surface area contributed by atoms with Crippen LogP contribution in [-0.4, -0.2) is 0 Å². The van der Waals surface area contributed by atoms with Gasteiger partial charge in [0.2, 0.25) is 0 Å². The van der Waals surface area contributed by atoms with Crippen molar-refractivity contribution in [3.63, 3.8) is 0 Å². The fourth-order valence-electron chi connectivity index (χ4n) is 10.7. The lowest BCUT2D eigenvalue weighted by Gasteiger charge is -2.29. The van der Waals surface area contributed by atoms with E-state index >= 15 is 0 Å². The second-order valence-corrected chi connectivity index (χ2v) is 18.2. The highest BCUT2D eigenvalue weighted by Gasteiger charge is 2.23. The molecule has 69 heavy (non-hydrogen) atoms. The van der Waals surface area contributed by atoms with Gasteiger partial charge >= 0.3 is 0 Å². The molecule has 2 nitrogen and oxygen atoms in total. The quantitative estimate of drug-likeness (QED) is 0.140. The van der Waals surface area contributed by atoms with Crippen LogP contribution in [0.5, 0.6) is 0 Å². The molecule has 13 aromatic carbocycles. The molecule has 0 saturated heterocycles. The van der Waals surface area contributed by atoms with Crippen LogP contribution < -0.4 is 9.80 Å². The number of benzene rings is 13. The lowest BCUT2D eigenvalue weighted by atomic mass is 9.85. The zero-order valence-electron chi connectivity index (χ0n) is 38.2. The third-order valence-corrected chi connectivity index (χ3v) is 14.0. The minimum atomic E-state index is 1.09.